The average molecular weight is 296 g/mol. The minimum atomic E-state index is 0.223. The molecule has 0 aliphatic carbocycles. The maximum Gasteiger partial charge on any atom is 0.193 e. The van der Waals surface area contributed by atoms with E-state index in [1.165, 1.54) is 0 Å². The standard InChI is InChI=1S/C15H22ClN3O/c1-15(10-20-11-15)9-18-14(17-2)19(3)8-12-6-4-5-7-13(12)16/h4-7H,8-11H2,1-3H3,(H,17,18). The number of hydrogen-bond acceptors (Lipinski definition) is 2. The molecule has 0 atom stereocenters. The minimum Gasteiger partial charge on any atom is -0.380 e. The van der Waals surface area contributed by atoms with Crippen molar-refractivity contribution in [1.82, 2.24) is 10.2 Å². The molecule has 110 valence electrons. The van der Waals surface area contributed by atoms with E-state index in [1.54, 1.807) is 7.05 Å². The van der Waals surface area contributed by atoms with Crippen LogP contribution in [0.4, 0.5) is 0 Å². The topological polar surface area (TPSA) is 36.9 Å². The van der Waals surface area contributed by atoms with Crippen molar-refractivity contribution in [3.63, 3.8) is 0 Å². The smallest absolute Gasteiger partial charge is 0.193 e. The first kappa shape index (κ1) is 15.1. The molecular weight excluding hydrogens is 274 g/mol. The number of nitrogens with zero attached hydrogens (tertiary/aromatic N) is 2. The molecule has 1 aliphatic heterocycles. The van der Waals surface area contributed by atoms with Crippen LogP contribution in [0, 0.1) is 5.41 Å². The molecule has 1 saturated heterocycles. The zero-order valence-corrected chi connectivity index (χ0v) is 13.1. The minimum absolute atomic E-state index is 0.223. The van der Waals surface area contributed by atoms with Crippen molar-refractivity contribution >= 4 is 17.6 Å². The second-order valence-corrected chi connectivity index (χ2v) is 6.06. The Hall–Kier alpha value is -1.26. The van der Waals surface area contributed by atoms with Crippen LogP contribution in [0.25, 0.3) is 0 Å². The molecule has 2 rings (SSSR count). The Kier molecular flexibility index (Phi) is 4.89. The fourth-order valence-corrected chi connectivity index (χ4v) is 2.38. The van der Waals surface area contributed by atoms with Crippen LogP contribution in [-0.2, 0) is 11.3 Å². The van der Waals surface area contributed by atoms with Gasteiger partial charge in [-0.15, -0.1) is 0 Å². The summed E-state index contributed by atoms with van der Waals surface area (Å²) in [5.41, 5.74) is 1.32. The summed E-state index contributed by atoms with van der Waals surface area (Å²) in [6.07, 6.45) is 0. The average Bonchev–Trinajstić information content (AvgIpc) is 2.40. The zero-order chi connectivity index (χ0) is 14.6. The molecule has 0 aromatic heterocycles. The van der Waals surface area contributed by atoms with Gasteiger partial charge in [0.2, 0.25) is 0 Å². The molecule has 0 saturated carbocycles. The normalized spacial score (nSPS) is 17.5. The molecule has 4 nitrogen and oxygen atoms in total. The van der Waals surface area contributed by atoms with E-state index in [9.17, 15) is 0 Å². The highest BCUT2D eigenvalue weighted by Crippen LogP contribution is 2.25. The van der Waals surface area contributed by atoms with Gasteiger partial charge >= 0.3 is 0 Å². The number of hydrogen-bond donors (Lipinski definition) is 1. The summed E-state index contributed by atoms with van der Waals surface area (Å²) in [7, 11) is 3.81. The number of nitrogens with one attached hydrogen (secondary N) is 1. The summed E-state index contributed by atoms with van der Waals surface area (Å²) in [5, 5.41) is 4.19. The Morgan fingerprint density at radius 3 is 2.70 bits per heavy atom. The number of rotatable bonds is 4. The Labute approximate surface area is 125 Å². The number of benzene rings is 1. The first-order valence-corrected chi connectivity index (χ1v) is 7.15. The van der Waals surface area contributed by atoms with E-state index in [1.807, 2.05) is 31.3 Å². The summed E-state index contributed by atoms with van der Waals surface area (Å²) < 4.78 is 5.26. The molecule has 0 spiro atoms. The van der Waals surface area contributed by atoms with Crippen LogP contribution in [0.1, 0.15) is 12.5 Å². The van der Waals surface area contributed by atoms with Crippen molar-refractivity contribution in [2.24, 2.45) is 10.4 Å². The van der Waals surface area contributed by atoms with E-state index in [-0.39, 0.29) is 5.41 Å². The van der Waals surface area contributed by atoms with Crippen LogP contribution in [0.5, 0.6) is 0 Å². The molecule has 0 unspecified atom stereocenters. The van der Waals surface area contributed by atoms with E-state index in [2.05, 4.69) is 22.1 Å². The first-order chi connectivity index (χ1) is 9.54. The number of aliphatic imine (C=N–C) groups is 1. The van der Waals surface area contributed by atoms with Crippen LogP contribution in [-0.4, -0.2) is 44.7 Å². The van der Waals surface area contributed by atoms with Gasteiger partial charge in [-0.25, -0.2) is 0 Å². The van der Waals surface area contributed by atoms with Gasteiger partial charge in [0.15, 0.2) is 5.96 Å². The largest absolute Gasteiger partial charge is 0.380 e. The molecule has 1 heterocycles. The van der Waals surface area contributed by atoms with Gasteiger partial charge < -0.3 is 15.0 Å². The molecule has 0 radical (unpaired) electrons. The highest BCUT2D eigenvalue weighted by Gasteiger charge is 2.33. The highest BCUT2D eigenvalue weighted by molar-refractivity contribution is 6.31. The predicted octanol–water partition coefficient (Wildman–Crippen LogP) is 2.38. The zero-order valence-electron chi connectivity index (χ0n) is 12.3. The van der Waals surface area contributed by atoms with Crippen molar-refractivity contribution in [3.8, 4) is 0 Å². The van der Waals surface area contributed by atoms with E-state index in [0.29, 0.717) is 0 Å². The Morgan fingerprint density at radius 1 is 1.45 bits per heavy atom. The lowest BCUT2D eigenvalue weighted by Gasteiger charge is -2.39. The maximum absolute atomic E-state index is 6.19. The van der Waals surface area contributed by atoms with Gasteiger partial charge in [0.05, 0.1) is 13.2 Å². The van der Waals surface area contributed by atoms with Crippen molar-refractivity contribution < 1.29 is 4.74 Å². The SMILES string of the molecule is CN=C(NCC1(C)COC1)N(C)Cc1ccccc1Cl. The second-order valence-electron chi connectivity index (χ2n) is 5.65. The Balaban J connectivity index is 1.92. The lowest BCUT2D eigenvalue weighted by Crippen LogP contribution is -2.51. The van der Waals surface area contributed by atoms with Crippen molar-refractivity contribution in [2.75, 3.05) is 33.9 Å². The van der Waals surface area contributed by atoms with Gasteiger partial charge in [0.1, 0.15) is 0 Å². The van der Waals surface area contributed by atoms with Crippen LogP contribution in [0.3, 0.4) is 0 Å². The Morgan fingerprint density at radius 2 is 2.15 bits per heavy atom. The predicted molar refractivity (Wildman–Crippen MR) is 83.2 cm³/mol. The number of guanidine groups is 1. The van der Waals surface area contributed by atoms with Crippen molar-refractivity contribution in [1.29, 1.82) is 0 Å². The summed E-state index contributed by atoms with van der Waals surface area (Å²) in [4.78, 5) is 6.40. The Bertz CT molecular complexity index is 486. The second kappa shape index (κ2) is 6.46. The summed E-state index contributed by atoms with van der Waals surface area (Å²) in [5.74, 6) is 0.873. The van der Waals surface area contributed by atoms with Gasteiger partial charge in [-0.3, -0.25) is 4.99 Å². The van der Waals surface area contributed by atoms with E-state index in [4.69, 9.17) is 16.3 Å². The van der Waals surface area contributed by atoms with Crippen LogP contribution < -0.4 is 5.32 Å². The van der Waals surface area contributed by atoms with Crippen molar-refractivity contribution in [2.45, 2.75) is 13.5 Å². The molecule has 1 aromatic rings. The highest BCUT2D eigenvalue weighted by atomic mass is 35.5. The third-order valence-corrected chi connectivity index (χ3v) is 3.88. The molecule has 1 N–H and O–H groups in total. The van der Waals surface area contributed by atoms with Gasteiger partial charge in [0, 0.05) is 37.6 Å². The van der Waals surface area contributed by atoms with Crippen LogP contribution in [0.15, 0.2) is 29.3 Å². The molecule has 20 heavy (non-hydrogen) atoms. The summed E-state index contributed by atoms with van der Waals surface area (Å²) >= 11 is 6.19. The van der Waals surface area contributed by atoms with Gasteiger partial charge in [-0.2, -0.15) is 0 Å². The van der Waals surface area contributed by atoms with Crippen LogP contribution in [0.2, 0.25) is 5.02 Å². The van der Waals surface area contributed by atoms with Gasteiger partial charge in [-0.1, -0.05) is 36.7 Å². The fraction of sp³-hybridized carbons (Fsp3) is 0.533. The first-order valence-electron chi connectivity index (χ1n) is 6.77. The molecule has 0 bridgehead atoms. The molecule has 1 aliphatic rings. The van der Waals surface area contributed by atoms with Gasteiger partial charge in [-0.05, 0) is 11.6 Å². The maximum atomic E-state index is 6.19. The lowest BCUT2D eigenvalue weighted by atomic mass is 9.89. The monoisotopic (exact) mass is 295 g/mol. The third-order valence-electron chi connectivity index (χ3n) is 3.51. The molecule has 1 fully saturated rings. The van der Waals surface area contributed by atoms with E-state index >= 15 is 0 Å². The number of ether oxygens (including phenoxy) is 1. The molecular formula is C15H22ClN3O. The molecule has 0 amide bonds. The van der Waals surface area contributed by atoms with E-state index in [0.717, 1.165) is 42.8 Å². The molecule has 5 heteroatoms. The third kappa shape index (κ3) is 3.64. The fourth-order valence-electron chi connectivity index (χ4n) is 2.19. The summed E-state index contributed by atoms with van der Waals surface area (Å²) in [6, 6.07) is 7.88. The van der Waals surface area contributed by atoms with Gasteiger partial charge in [0.25, 0.3) is 0 Å². The quantitative estimate of drug-likeness (QED) is 0.684. The molecule has 1 aromatic carbocycles. The summed E-state index contributed by atoms with van der Waals surface area (Å²) in [6.45, 7) is 5.43. The van der Waals surface area contributed by atoms with Crippen molar-refractivity contribution in [3.05, 3.63) is 34.9 Å². The van der Waals surface area contributed by atoms with Crippen LogP contribution >= 0.6 is 11.6 Å². The lowest BCUT2D eigenvalue weighted by molar-refractivity contribution is -0.0972. The number of halogens is 1. The van der Waals surface area contributed by atoms with E-state index < -0.39 is 0 Å².